The number of nitrogens with zero attached hydrogens (tertiary/aromatic N) is 1. The first-order valence-corrected chi connectivity index (χ1v) is 9.71. The van der Waals surface area contributed by atoms with Crippen molar-refractivity contribution in [3.8, 4) is 0 Å². The van der Waals surface area contributed by atoms with E-state index >= 15 is 0 Å². The predicted molar refractivity (Wildman–Crippen MR) is 100 cm³/mol. The highest BCUT2D eigenvalue weighted by Gasteiger charge is 2.36. The van der Waals surface area contributed by atoms with Crippen molar-refractivity contribution in [3.63, 3.8) is 0 Å². The summed E-state index contributed by atoms with van der Waals surface area (Å²) in [6.07, 6.45) is -0.444. The molecule has 0 spiro atoms. The van der Waals surface area contributed by atoms with Crippen molar-refractivity contribution in [2.24, 2.45) is 4.99 Å². The van der Waals surface area contributed by atoms with Gasteiger partial charge in [0.1, 0.15) is 5.76 Å². The predicted octanol–water partition coefficient (Wildman–Crippen LogP) is 5.45. The Morgan fingerprint density at radius 1 is 1.36 bits per heavy atom. The number of carboxylic acids is 1. The molecule has 1 aromatic heterocycles. The van der Waals surface area contributed by atoms with Crippen LogP contribution >= 0.6 is 34.7 Å². The number of thioether (sulfide) groups is 1. The highest BCUT2D eigenvalue weighted by molar-refractivity contribution is 8.02. The molecule has 0 bridgehead atoms. The Kier molecular flexibility index (Phi) is 5.48. The molecule has 2 heterocycles. The fourth-order valence-corrected chi connectivity index (χ4v) is 5.01. The second kappa shape index (κ2) is 7.41. The van der Waals surface area contributed by atoms with Crippen LogP contribution in [0.1, 0.15) is 29.4 Å². The molecule has 0 atom stereocenters. The number of rotatable bonds is 5. The Bertz CT molecular complexity index is 1020. The summed E-state index contributed by atoms with van der Waals surface area (Å²) in [7, 11) is 0. The van der Waals surface area contributed by atoms with E-state index in [-0.39, 0.29) is 49.9 Å². The smallest absolute Gasteiger partial charge is 0.447 e. The standard InChI is InChI=1S/C17H11ClF3NO4S2/c1-6-7(5-11(23)24)13-9(22-6)4-8(16(26)14(13)18)15(25)10-2-3-12(27-10)28-17(19,20)21/h2-3,26H,4-5H2,1H3,(H,23,24). The van der Waals surface area contributed by atoms with Crippen molar-refractivity contribution >= 4 is 52.2 Å². The number of Topliss-reactive ketones (excluding diaryl/α,β-unsaturated/α-hetero) is 1. The Morgan fingerprint density at radius 2 is 2.04 bits per heavy atom. The number of thiophene rings is 1. The summed E-state index contributed by atoms with van der Waals surface area (Å²) in [4.78, 5) is 28.1. The van der Waals surface area contributed by atoms with Gasteiger partial charge < -0.3 is 10.2 Å². The highest BCUT2D eigenvalue weighted by atomic mass is 35.5. The summed E-state index contributed by atoms with van der Waals surface area (Å²) in [6.45, 7) is 1.60. The third kappa shape index (κ3) is 4.03. The summed E-state index contributed by atoms with van der Waals surface area (Å²) < 4.78 is 37.3. The van der Waals surface area contributed by atoms with Crippen molar-refractivity contribution in [1.82, 2.24) is 0 Å². The zero-order valence-electron chi connectivity index (χ0n) is 14.1. The zero-order chi connectivity index (χ0) is 20.8. The number of alkyl halides is 3. The Hall–Kier alpha value is -2.04. The van der Waals surface area contributed by atoms with Crippen LogP contribution in [0.2, 0.25) is 0 Å². The second-order valence-electron chi connectivity index (χ2n) is 5.88. The number of carbonyl (C=O) groups is 2. The van der Waals surface area contributed by atoms with E-state index in [9.17, 15) is 27.9 Å². The molecule has 1 aromatic rings. The minimum absolute atomic E-state index is 0.0234. The first kappa shape index (κ1) is 20.7. The number of carbonyl (C=O) groups excluding carboxylic acids is 1. The maximum atomic E-state index is 12.7. The Labute approximate surface area is 169 Å². The van der Waals surface area contributed by atoms with E-state index in [2.05, 4.69) is 4.99 Å². The van der Waals surface area contributed by atoms with Crippen LogP contribution in [0.25, 0.3) is 0 Å². The number of aliphatic hydroxyl groups excluding tert-OH is 1. The summed E-state index contributed by atoms with van der Waals surface area (Å²) in [5.41, 5.74) is -3.16. The normalized spacial score (nSPS) is 17.2. The minimum atomic E-state index is -4.47. The average Bonchev–Trinajstić information content (AvgIpc) is 3.13. The van der Waals surface area contributed by atoms with E-state index in [0.717, 1.165) is 0 Å². The van der Waals surface area contributed by atoms with Gasteiger partial charge in [0.05, 0.1) is 31.8 Å². The third-order valence-corrected chi connectivity index (χ3v) is 6.33. The van der Waals surface area contributed by atoms with Crippen LogP contribution in [-0.4, -0.2) is 33.2 Å². The fourth-order valence-electron chi connectivity index (χ4n) is 2.89. The van der Waals surface area contributed by atoms with Crippen molar-refractivity contribution in [2.45, 2.75) is 29.5 Å². The molecule has 0 aromatic carbocycles. The molecular formula is C17H11ClF3NO4S2. The molecule has 2 N–H and O–H groups in total. The number of fused-ring (bicyclic) bond motifs is 1. The molecule has 0 fully saturated rings. The molecule has 1 aliphatic heterocycles. The molecule has 0 amide bonds. The van der Waals surface area contributed by atoms with Crippen molar-refractivity contribution < 1.29 is 33.0 Å². The van der Waals surface area contributed by atoms with Crippen LogP contribution in [0.5, 0.6) is 0 Å². The van der Waals surface area contributed by atoms with E-state index in [0.29, 0.717) is 28.3 Å². The quantitative estimate of drug-likeness (QED) is 0.460. The lowest BCUT2D eigenvalue weighted by atomic mass is 9.88. The molecule has 11 heteroatoms. The average molecular weight is 450 g/mol. The number of aliphatic hydroxyl groups is 1. The number of allylic oxidation sites excluding steroid dienone is 4. The number of hydrogen-bond donors (Lipinski definition) is 2. The van der Waals surface area contributed by atoms with Gasteiger partial charge in [-0.3, -0.25) is 14.6 Å². The van der Waals surface area contributed by atoms with Gasteiger partial charge in [0, 0.05) is 17.7 Å². The van der Waals surface area contributed by atoms with Crippen LogP contribution in [0.3, 0.4) is 0 Å². The van der Waals surface area contributed by atoms with Gasteiger partial charge in [-0.15, -0.1) is 11.3 Å². The number of hydrogen-bond acceptors (Lipinski definition) is 6. The molecule has 148 valence electrons. The van der Waals surface area contributed by atoms with Gasteiger partial charge in [0.15, 0.2) is 0 Å². The lowest BCUT2D eigenvalue weighted by Crippen LogP contribution is -2.18. The number of aliphatic carboxylic acids is 1. The van der Waals surface area contributed by atoms with Crippen LogP contribution < -0.4 is 0 Å². The third-order valence-electron chi connectivity index (χ3n) is 4.01. The van der Waals surface area contributed by atoms with Crippen molar-refractivity contribution in [2.75, 3.05) is 0 Å². The number of carboxylic acid groups (broad SMARTS) is 1. The maximum absolute atomic E-state index is 12.7. The molecule has 0 unspecified atom stereocenters. The summed E-state index contributed by atoms with van der Waals surface area (Å²) in [5.74, 6) is -2.27. The van der Waals surface area contributed by atoms with E-state index < -0.39 is 23.0 Å². The molecule has 28 heavy (non-hydrogen) atoms. The lowest BCUT2D eigenvalue weighted by Gasteiger charge is -2.19. The van der Waals surface area contributed by atoms with E-state index in [1.54, 1.807) is 6.92 Å². The summed E-state index contributed by atoms with van der Waals surface area (Å²) in [5, 5.41) is 19.3. The van der Waals surface area contributed by atoms with Gasteiger partial charge in [-0.05, 0) is 36.4 Å². The molecular weight excluding hydrogens is 439 g/mol. The van der Waals surface area contributed by atoms with Crippen LogP contribution in [0, 0.1) is 0 Å². The van der Waals surface area contributed by atoms with Gasteiger partial charge in [0.2, 0.25) is 5.78 Å². The first-order chi connectivity index (χ1) is 13.0. The van der Waals surface area contributed by atoms with Crippen molar-refractivity contribution in [3.05, 3.63) is 50.2 Å². The van der Waals surface area contributed by atoms with Gasteiger partial charge in [-0.25, -0.2) is 0 Å². The maximum Gasteiger partial charge on any atom is 0.447 e. The Balaban J connectivity index is 1.94. The highest BCUT2D eigenvalue weighted by Crippen LogP contribution is 2.43. The number of halogens is 4. The molecule has 0 saturated carbocycles. The molecule has 0 radical (unpaired) electrons. The van der Waals surface area contributed by atoms with E-state index in [1.807, 2.05) is 0 Å². The van der Waals surface area contributed by atoms with Gasteiger partial charge >= 0.3 is 11.5 Å². The molecule has 2 aliphatic rings. The van der Waals surface area contributed by atoms with E-state index in [4.69, 9.17) is 16.7 Å². The van der Waals surface area contributed by atoms with Gasteiger partial charge in [-0.1, -0.05) is 11.6 Å². The lowest BCUT2D eigenvalue weighted by molar-refractivity contribution is -0.136. The SMILES string of the molecule is CC1=C(CC(=O)O)C2=C(Cl)C(O)=C(C(=O)c3ccc(SC(F)(F)F)s3)CC2=N1. The molecule has 3 rings (SSSR count). The van der Waals surface area contributed by atoms with Crippen LogP contribution in [-0.2, 0) is 4.79 Å². The summed E-state index contributed by atoms with van der Waals surface area (Å²) in [6, 6.07) is 2.44. The molecule has 1 aliphatic carbocycles. The topological polar surface area (TPSA) is 87.0 Å². The van der Waals surface area contributed by atoms with Gasteiger partial charge in [-0.2, -0.15) is 13.2 Å². The van der Waals surface area contributed by atoms with Crippen LogP contribution in [0.4, 0.5) is 13.2 Å². The van der Waals surface area contributed by atoms with E-state index in [1.165, 1.54) is 12.1 Å². The first-order valence-electron chi connectivity index (χ1n) is 7.70. The summed E-state index contributed by atoms with van der Waals surface area (Å²) >= 11 is 6.53. The number of ketones is 1. The minimum Gasteiger partial charge on any atom is -0.506 e. The largest absolute Gasteiger partial charge is 0.506 e. The van der Waals surface area contributed by atoms with Crippen LogP contribution in [0.15, 0.2) is 54.5 Å². The molecule has 5 nitrogen and oxygen atoms in total. The number of aliphatic imine (C=N–C) groups is 1. The zero-order valence-corrected chi connectivity index (χ0v) is 16.4. The second-order valence-corrected chi connectivity index (χ2v) is 8.71. The van der Waals surface area contributed by atoms with Gasteiger partial charge in [0.25, 0.3) is 0 Å². The molecule has 0 saturated heterocycles. The van der Waals surface area contributed by atoms with Crippen molar-refractivity contribution in [1.29, 1.82) is 0 Å². The fraction of sp³-hybridized carbons (Fsp3) is 0.235. The monoisotopic (exact) mass is 449 g/mol. The Morgan fingerprint density at radius 3 is 2.64 bits per heavy atom.